The molecule has 3 nitrogen and oxygen atoms in total. The first-order chi connectivity index (χ1) is 7.33. The van der Waals surface area contributed by atoms with Crippen LogP contribution in [-0.2, 0) is 9.47 Å². The molecule has 0 amide bonds. The van der Waals surface area contributed by atoms with Crippen LogP contribution in [0.1, 0.15) is 19.3 Å². The molecule has 0 unspecified atom stereocenters. The van der Waals surface area contributed by atoms with Gasteiger partial charge in [-0.15, -0.1) is 11.6 Å². The lowest BCUT2D eigenvalue weighted by Gasteiger charge is -2.30. The number of halogens is 1. The van der Waals surface area contributed by atoms with Gasteiger partial charge in [0.15, 0.2) is 0 Å². The second-order valence-electron chi connectivity index (χ2n) is 4.10. The molecule has 0 spiro atoms. The topological polar surface area (TPSA) is 30.5 Å². The Bertz CT molecular complexity index is 152. The molecular weight excluding hydrogens is 214 g/mol. The zero-order valence-corrected chi connectivity index (χ0v) is 10.3. The van der Waals surface area contributed by atoms with Crippen LogP contribution in [0.5, 0.6) is 0 Å². The van der Waals surface area contributed by atoms with Gasteiger partial charge in [0.05, 0.1) is 13.2 Å². The van der Waals surface area contributed by atoms with Gasteiger partial charge in [0.1, 0.15) is 0 Å². The summed E-state index contributed by atoms with van der Waals surface area (Å²) in [5, 5.41) is 3.87. The van der Waals surface area contributed by atoms with Crippen LogP contribution in [-0.4, -0.2) is 45.4 Å². The maximum Gasteiger partial charge on any atom is 0.0700 e. The minimum absolute atomic E-state index is 0.439. The Morgan fingerprint density at radius 1 is 1.27 bits per heavy atom. The van der Waals surface area contributed by atoms with E-state index >= 15 is 0 Å². The van der Waals surface area contributed by atoms with Crippen molar-refractivity contribution in [1.29, 1.82) is 0 Å². The fourth-order valence-corrected chi connectivity index (χ4v) is 2.17. The second kappa shape index (κ2) is 8.34. The van der Waals surface area contributed by atoms with Crippen LogP contribution in [0.15, 0.2) is 0 Å². The van der Waals surface area contributed by atoms with Gasteiger partial charge in [0.25, 0.3) is 0 Å². The predicted molar refractivity (Wildman–Crippen MR) is 62.5 cm³/mol. The van der Waals surface area contributed by atoms with Crippen molar-refractivity contribution in [2.45, 2.75) is 24.6 Å². The minimum Gasteiger partial charge on any atom is -0.382 e. The Labute approximate surface area is 97.5 Å². The second-order valence-corrected chi connectivity index (χ2v) is 4.71. The molecular formula is C11H22ClNO2. The van der Waals surface area contributed by atoms with Crippen molar-refractivity contribution >= 4 is 11.6 Å². The van der Waals surface area contributed by atoms with Crippen LogP contribution in [0.3, 0.4) is 0 Å². The lowest BCUT2D eigenvalue weighted by atomic mass is 9.85. The summed E-state index contributed by atoms with van der Waals surface area (Å²) in [7, 11) is 1.69. The van der Waals surface area contributed by atoms with E-state index in [1.165, 1.54) is 12.8 Å². The molecule has 1 rings (SSSR count). The van der Waals surface area contributed by atoms with E-state index in [4.69, 9.17) is 21.1 Å². The summed E-state index contributed by atoms with van der Waals surface area (Å²) in [6.07, 6.45) is 3.43. The zero-order valence-electron chi connectivity index (χ0n) is 9.51. The van der Waals surface area contributed by atoms with E-state index in [0.29, 0.717) is 18.6 Å². The average molecular weight is 236 g/mol. The first kappa shape index (κ1) is 13.2. The molecule has 1 saturated carbocycles. The predicted octanol–water partition coefficient (Wildman–Crippen LogP) is 1.65. The molecule has 1 aliphatic carbocycles. The fraction of sp³-hybridized carbons (Fsp3) is 1.00. The fourth-order valence-electron chi connectivity index (χ4n) is 1.67. The highest BCUT2D eigenvalue weighted by Gasteiger charge is 2.26. The van der Waals surface area contributed by atoms with Gasteiger partial charge >= 0.3 is 0 Å². The van der Waals surface area contributed by atoms with E-state index in [1.807, 2.05) is 0 Å². The molecule has 0 bridgehead atoms. The number of alkyl halides is 1. The zero-order chi connectivity index (χ0) is 10.9. The maximum absolute atomic E-state index is 5.90. The van der Waals surface area contributed by atoms with Gasteiger partial charge in [-0.3, -0.25) is 0 Å². The van der Waals surface area contributed by atoms with Gasteiger partial charge in [-0.1, -0.05) is 0 Å². The molecule has 0 radical (unpaired) electrons. The third kappa shape index (κ3) is 6.36. The molecule has 0 atom stereocenters. The van der Waals surface area contributed by atoms with Gasteiger partial charge in [-0.2, -0.15) is 0 Å². The number of hydrogen-bond donors (Lipinski definition) is 1. The first-order valence-electron chi connectivity index (χ1n) is 5.74. The van der Waals surface area contributed by atoms with Crippen molar-refractivity contribution in [2.24, 2.45) is 5.92 Å². The van der Waals surface area contributed by atoms with Crippen molar-refractivity contribution in [3.05, 3.63) is 0 Å². The first-order valence-corrected chi connectivity index (χ1v) is 6.18. The summed E-state index contributed by atoms with van der Waals surface area (Å²) >= 11 is 5.90. The van der Waals surface area contributed by atoms with Gasteiger partial charge < -0.3 is 14.8 Å². The van der Waals surface area contributed by atoms with Crippen LogP contribution >= 0.6 is 11.6 Å². The molecule has 0 heterocycles. The van der Waals surface area contributed by atoms with E-state index in [9.17, 15) is 0 Å². The molecule has 0 aromatic carbocycles. The molecule has 0 aromatic heterocycles. The van der Waals surface area contributed by atoms with E-state index in [1.54, 1.807) is 7.11 Å². The van der Waals surface area contributed by atoms with E-state index in [2.05, 4.69) is 5.32 Å². The number of nitrogens with one attached hydrogen (secondary N) is 1. The van der Waals surface area contributed by atoms with Crippen molar-refractivity contribution in [2.75, 3.05) is 40.0 Å². The molecule has 1 aliphatic rings. The standard InChI is InChI=1S/C11H22ClNO2/c1-14-5-6-15-4-2-3-13-9-10-7-11(12)8-10/h10-11,13H,2-9H2,1H3. The third-order valence-corrected chi connectivity index (χ3v) is 3.04. The van der Waals surface area contributed by atoms with Gasteiger partial charge in [0, 0.05) is 19.1 Å². The van der Waals surface area contributed by atoms with Gasteiger partial charge in [-0.05, 0) is 38.3 Å². The van der Waals surface area contributed by atoms with Crippen LogP contribution in [0.25, 0.3) is 0 Å². The molecule has 4 heteroatoms. The molecule has 0 aliphatic heterocycles. The number of rotatable bonds is 9. The van der Waals surface area contributed by atoms with E-state index < -0.39 is 0 Å². The van der Waals surface area contributed by atoms with Gasteiger partial charge in [0.2, 0.25) is 0 Å². The van der Waals surface area contributed by atoms with Crippen molar-refractivity contribution in [1.82, 2.24) is 5.32 Å². The van der Waals surface area contributed by atoms with Crippen LogP contribution < -0.4 is 5.32 Å². The van der Waals surface area contributed by atoms with E-state index in [-0.39, 0.29) is 0 Å². The monoisotopic (exact) mass is 235 g/mol. The van der Waals surface area contributed by atoms with Crippen molar-refractivity contribution in [3.8, 4) is 0 Å². The SMILES string of the molecule is COCCOCCCNCC1CC(Cl)C1. The molecule has 15 heavy (non-hydrogen) atoms. The minimum atomic E-state index is 0.439. The van der Waals surface area contributed by atoms with Gasteiger partial charge in [-0.25, -0.2) is 0 Å². The van der Waals surface area contributed by atoms with Crippen molar-refractivity contribution in [3.63, 3.8) is 0 Å². The smallest absolute Gasteiger partial charge is 0.0700 e. The Kier molecular flexibility index (Phi) is 7.36. The number of methoxy groups -OCH3 is 1. The average Bonchev–Trinajstić information content (AvgIpc) is 2.19. The summed E-state index contributed by atoms with van der Waals surface area (Å²) in [5.41, 5.74) is 0. The Balaban J connectivity index is 1.70. The summed E-state index contributed by atoms with van der Waals surface area (Å²) < 4.78 is 10.2. The summed E-state index contributed by atoms with van der Waals surface area (Å²) in [4.78, 5) is 0. The highest BCUT2D eigenvalue weighted by molar-refractivity contribution is 6.21. The third-order valence-electron chi connectivity index (χ3n) is 2.69. The summed E-state index contributed by atoms with van der Waals surface area (Å²) in [6.45, 7) is 4.36. The Morgan fingerprint density at radius 3 is 2.73 bits per heavy atom. The number of ether oxygens (including phenoxy) is 2. The lowest BCUT2D eigenvalue weighted by molar-refractivity contribution is 0.0693. The maximum atomic E-state index is 5.90. The normalized spacial score (nSPS) is 25.2. The molecule has 0 saturated heterocycles. The largest absolute Gasteiger partial charge is 0.382 e. The number of hydrogen-bond acceptors (Lipinski definition) is 3. The highest BCUT2D eigenvalue weighted by Crippen LogP contribution is 2.30. The van der Waals surface area contributed by atoms with Crippen LogP contribution in [0.2, 0.25) is 0 Å². The summed E-state index contributed by atoms with van der Waals surface area (Å²) in [6, 6.07) is 0. The molecule has 1 N–H and O–H groups in total. The summed E-state index contributed by atoms with van der Waals surface area (Å²) in [5.74, 6) is 0.807. The van der Waals surface area contributed by atoms with Crippen LogP contribution in [0, 0.1) is 5.92 Å². The molecule has 1 fully saturated rings. The lowest BCUT2D eigenvalue weighted by Crippen LogP contribution is -2.34. The molecule has 90 valence electrons. The Morgan fingerprint density at radius 2 is 2.07 bits per heavy atom. The molecule has 0 aromatic rings. The Hall–Kier alpha value is 0.170. The van der Waals surface area contributed by atoms with E-state index in [0.717, 1.165) is 32.0 Å². The highest BCUT2D eigenvalue weighted by atomic mass is 35.5. The quantitative estimate of drug-likeness (QED) is 0.487. The van der Waals surface area contributed by atoms with Crippen molar-refractivity contribution < 1.29 is 9.47 Å². The van der Waals surface area contributed by atoms with Crippen LogP contribution in [0.4, 0.5) is 0 Å².